The van der Waals surface area contributed by atoms with Crippen LogP contribution in [0.5, 0.6) is 0 Å². The molecule has 1 amide bonds. The fourth-order valence-corrected chi connectivity index (χ4v) is 2.63. The minimum absolute atomic E-state index is 0.0408. The van der Waals surface area contributed by atoms with Crippen LogP contribution in [0.25, 0.3) is 0 Å². The van der Waals surface area contributed by atoms with E-state index in [0.717, 1.165) is 4.90 Å². The Morgan fingerprint density at radius 1 is 1.05 bits per heavy atom. The van der Waals surface area contributed by atoms with E-state index >= 15 is 0 Å². The van der Waals surface area contributed by atoms with Crippen LogP contribution in [0.3, 0.4) is 0 Å². The van der Waals surface area contributed by atoms with Crippen molar-refractivity contribution in [1.29, 1.82) is 0 Å². The van der Waals surface area contributed by atoms with Crippen LogP contribution in [0, 0.1) is 0 Å². The fourth-order valence-electron chi connectivity index (χ4n) is 2.63. The Kier molecular flexibility index (Phi) is 3.22. The standard InChI is InChI=1S/C16H13F2NO2/c17-15(18)16(21)13-9-5-4-8-12(13)14(20)19(16)10-11-6-2-1-3-7-11/h1-9,15,21H,10H2. The predicted octanol–water partition coefficient (Wildman–Crippen LogP) is 2.75. The molecule has 1 aliphatic heterocycles. The van der Waals surface area contributed by atoms with Crippen molar-refractivity contribution in [1.82, 2.24) is 4.90 Å². The van der Waals surface area contributed by atoms with Gasteiger partial charge >= 0.3 is 0 Å². The van der Waals surface area contributed by atoms with Crippen molar-refractivity contribution >= 4 is 5.91 Å². The number of carbonyl (C=O) groups excluding carboxylic acids is 1. The maximum absolute atomic E-state index is 13.5. The number of hydrogen-bond donors (Lipinski definition) is 1. The van der Waals surface area contributed by atoms with Crippen LogP contribution in [-0.4, -0.2) is 22.3 Å². The molecule has 1 heterocycles. The second kappa shape index (κ2) is 4.93. The molecule has 2 aromatic carbocycles. The highest BCUT2D eigenvalue weighted by Crippen LogP contribution is 2.42. The first-order valence-corrected chi connectivity index (χ1v) is 6.51. The maximum Gasteiger partial charge on any atom is 0.290 e. The van der Waals surface area contributed by atoms with Crippen LogP contribution >= 0.6 is 0 Å². The van der Waals surface area contributed by atoms with E-state index in [1.807, 2.05) is 0 Å². The van der Waals surface area contributed by atoms with Gasteiger partial charge < -0.3 is 5.11 Å². The Balaban J connectivity index is 2.06. The summed E-state index contributed by atoms with van der Waals surface area (Å²) in [5.41, 5.74) is -1.82. The highest BCUT2D eigenvalue weighted by Gasteiger charge is 2.54. The van der Waals surface area contributed by atoms with Crippen molar-refractivity contribution in [2.45, 2.75) is 18.7 Å². The first kappa shape index (κ1) is 13.7. The lowest BCUT2D eigenvalue weighted by atomic mass is 10.0. The van der Waals surface area contributed by atoms with E-state index in [9.17, 15) is 18.7 Å². The van der Waals surface area contributed by atoms with Crippen molar-refractivity contribution in [2.24, 2.45) is 0 Å². The molecule has 3 rings (SSSR count). The van der Waals surface area contributed by atoms with Crippen LogP contribution in [0.4, 0.5) is 8.78 Å². The van der Waals surface area contributed by atoms with Crippen LogP contribution < -0.4 is 0 Å². The molecule has 3 nitrogen and oxygen atoms in total. The largest absolute Gasteiger partial charge is 0.362 e. The number of amides is 1. The molecule has 1 atom stereocenters. The smallest absolute Gasteiger partial charge is 0.290 e. The number of alkyl halides is 2. The summed E-state index contributed by atoms with van der Waals surface area (Å²) in [5, 5.41) is 10.5. The van der Waals surface area contributed by atoms with Crippen LogP contribution in [-0.2, 0) is 12.3 Å². The van der Waals surface area contributed by atoms with E-state index < -0.39 is 18.1 Å². The van der Waals surface area contributed by atoms with Gasteiger partial charge in [0, 0.05) is 17.7 Å². The third-order valence-corrected chi connectivity index (χ3v) is 3.70. The number of halogens is 2. The number of rotatable bonds is 3. The van der Waals surface area contributed by atoms with Crippen molar-refractivity contribution in [3.63, 3.8) is 0 Å². The predicted molar refractivity (Wildman–Crippen MR) is 72.7 cm³/mol. The summed E-state index contributed by atoms with van der Waals surface area (Å²) in [4.78, 5) is 13.2. The normalized spacial score (nSPS) is 21.0. The molecule has 108 valence electrons. The lowest BCUT2D eigenvalue weighted by Crippen LogP contribution is -2.48. The molecular weight excluding hydrogens is 276 g/mol. The first-order valence-electron chi connectivity index (χ1n) is 6.51. The zero-order valence-corrected chi connectivity index (χ0v) is 11.0. The molecule has 1 unspecified atom stereocenters. The Hall–Kier alpha value is -2.27. The quantitative estimate of drug-likeness (QED) is 0.944. The number of hydrogen-bond acceptors (Lipinski definition) is 2. The zero-order chi connectivity index (χ0) is 15.0. The van der Waals surface area contributed by atoms with Gasteiger partial charge in [0.05, 0.1) is 0 Å². The summed E-state index contributed by atoms with van der Waals surface area (Å²) in [6.07, 6.45) is -3.09. The highest BCUT2D eigenvalue weighted by atomic mass is 19.3. The summed E-state index contributed by atoms with van der Waals surface area (Å²) in [6.45, 7) is -0.0742. The minimum Gasteiger partial charge on any atom is -0.362 e. The van der Waals surface area contributed by atoms with Gasteiger partial charge in [-0.1, -0.05) is 48.5 Å². The maximum atomic E-state index is 13.5. The fraction of sp³-hybridized carbons (Fsp3) is 0.188. The Morgan fingerprint density at radius 2 is 1.67 bits per heavy atom. The van der Waals surface area contributed by atoms with Gasteiger partial charge in [-0.3, -0.25) is 9.69 Å². The molecule has 0 saturated carbocycles. The molecule has 0 bridgehead atoms. The monoisotopic (exact) mass is 289 g/mol. The van der Waals surface area contributed by atoms with E-state index in [4.69, 9.17) is 0 Å². The molecule has 0 spiro atoms. The van der Waals surface area contributed by atoms with Crippen LogP contribution in [0.1, 0.15) is 21.5 Å². The summed E-state index contributed by atoms with van der Waals surface area (Å²) in [6, 6.07) is 14.7. The lowest BCUT2D eigenvalue weighted by Gasteiger charge is -2.33. The molecular formula is C16H13F2NO2. The Morgan fingerprint density at radius 3 is 2.33 bits per heavy atom. The van der Waals surface area contributed by atoms with E-state index in [0.29, 0.717) is 5.56 Å². The number of benzene rings is 2. The average molecular weight is 289 g/mol. The molecule has 0 saturated heterocycles. The lowest BCUT2D eigenvalue weighted by molar-refractivity contribution is -0.181. The zero-order valence-electron chi connectivity index (χ0n) is 11.0. The summed E-state index contributed by atoms with van der Waals surface area (Å²) >= 11 is 0. The number of fused-ring (bicyclic) bond motifs is 1. The summed E-state index contributed by atoms with van der Waals surface area (Å²) < 4.78 is 27.0. The van der Waals surface area contributed by atoms with Crippen molar-refractivity contribution in [2.75, 3.05) is 0 Å². The van der Waals surface area contributed by atoms with Gasteiger partial charge in [-0.25, -0.2) is 8.78 Å². The van der Waals surface area contributed by atoms with Crippen LogP contribution in [0.15, 0.2) is 54.6 Å². The van der Waals surface area contributed by atoms with Gasteiger partial charge in [-0.05, 0) is 11.6 Å². The molecule has 0 aromatic heterocycles. The SMILES string of the molecule is O=C1c2ccccc2C(O)(C(F)F)N1Cc1ccccc1. The van der Waals surface area contributed by atoms with E-state index in [-0.39, 0.29) is 17.7 Å². The second-order valence-corrected chi connectivity index (χ2v) is 4.95. The van der Waals surface area contributed by atoms with E-state index in [1.165, 1.54) is 18.2 Å². The topological polar surface area (TPSA) is 40.5 Å². The highest BCUT2D eigenvalue weighted by molar-refractivity contribution is 5.99. The van der Waals surface area contributed by atoms with E-state index in [1.54, 1.807) is 36.4 Å². The molecule has 0 aliphatic carbocycles. The third-order valence-electron chi connectivity index (χ3n) is 3.70. The third kappa shape index (κ3) is 2.01. The van der Waals surface area contributed by atoms with Crippen molar-refractivity contribution in [3.8, 4) is 0 Å². The number of carbonyl (C=O) groups is 1. The van der Waals surface area contributed by atoms with E-state index in [2.05, 4.69) is 0 Å². The van der Waals surface area contributed by atoms with Gasteiger partial charge in [0.25, 0.3) is 12.3 Å². The molecule has 0 radical (unpaired) electrons. The number of aliphatic hydroxyl groups is 1. The first-order chi connectivity index (χ1) is 10.0. The van der Waals surface area contributed by atoms with Gasteiger partial charge in [-0.15, -0.1) is 0 Å². The summed E-state index contributed by atoms with van der Waals surface area (Å²) in [7, 11) is 0. The molecule has 2 aromatic rings. The molecule has 1 N–H and O–H groups in total. The molecule has 0 fully saturated rings. The van der Waals surface area contributed by atoms with Gasteiger partial charge in [0.2, 0.25) is 5.72 Å². The average Bonchev–Trinajstić information content (AvgIpc) is 2.72. The number of nitrogens with zero attached hydrogens (tertiary/aromatic N) is 1. The Labute approximate surface area is 120 Å². The van der Waals surface area contributed by atoms with Crippen LogP contribution in [0.2, 0.25) is 0 Å². The minimum atomic E-state index is -3.09. The Bertz CT molecular complexity index is 675. The molecule has 5 heteroatoms. The van der Waals surface area contributed by atoms with Crippen molar-refractivity contribution in [3.05, 3.63) is 71.3 Å². The van der Waals surface area contributed by atoms with Crippen molar-refractivity contribution < 1.29 is 18.7 Å². The molecule has 1 aliphatic rings. The van der Waals surface area contributed by atoms with Gasteiger partial charge in [0.1, 0.15) is 0 Å². The van der Waals surface area contributed by atoms with Gasteiger partial charge in [0.15, 0.2) is 0 Å². The molecule has 21 heavy (non-hydrogen) atoms. The van der Waals surface area contributed by atoms with Gasteiger partial charge in [-0.2, -0.15) is 0 Å². The second-order valence-electron chi connectivity index (χ2n) is 4.95. The summed E-state index contributed by atoms with van der Waals surface area (Å²) in [5.74, 6) is -0.586.